The van der Waals surface area contributed by atoms with E-state index in [0.29, 0.717) is 36.4 Å². The quantitative estimate of drug-likeness (QED) is 0.229. The maximum Gasteiger partial charge on any atom is 0.328 e. The van der Waals surface area contributed by atoms with Crippen LogP contribution in [0.15, 0.2) is 97.7 Å². The zero-order chi connectivity index (χ0) is 26.7. The standard InChI is InChI=1S/C30H30N4O4/c1-3-10-22-15-16-28(25(17-22)27-20-34(33-32-27)19-24-13-8-5-9-14-24)38-21-29(35)31-26(30(36)37-2)18-23-11-6-4-7-12-23/h3-9,11-17,20,26H,1,10,18-19,21H2,2H3,(H,31,35)/t26-/m1/s1. The predicted molar refractivity (Wildman–Crippen MR) is 144 cm³/mol. The Bertz CT molecular complexity index is 1370. The second-order valence-corrected chi connectivity index (χ2v) is 8.73. The summed E-state index contributed by atoms with van der Waals surface area (Å²) in [6.07, 6.45) is 4.65. The minimum atomic E-state index is -0.828. The molecule has 0 radical (unpaired) electrons. The van der Waals surface area contributed by atoms with E-state index in [0.717, 1.165) is 16.7 Å². The molecule has 1 atom stereocenters. The number of hydrogen-bond donors (Lipinski definition) is 1. The van der Waals surface area contributed by atoms with Crippen LogP contribution in [0, 0.1) is 0 Å². The lowest BCUT2D eigenvalue weighted by Crippen LogP contribution is -2.44. The molecule has 3 aromatic carbocycles. The van der Waals surface area contributed by atoms with Gasteiger partial charge in [0.25, 0.3) is 5.91 Å². The molecule has 0 saturated heterocycles. The first-order valence-electron chi connectivity index (χ1n) is 12.3. The summed E-state index contributed by atoms with van der Waals surface area (Å²) in [7, 11) is 1.30. The Balaban J connectivity index is 1.48. The van der Waals surface area contributed by atoms with Gasteiger partial charge in [-0.1, -0.05) is 78.0 Å². The Kier molecular flexibility index (Phi) is 9.02. The van der Waals surface area contributed by atoms with Gasteiger partial charge in [-0.05, 0) is 35.2 Å². The number of methoxy groups -OCH3 is 1. The van der Waals surface area contributed by atoms with Gasteiger partial charge in [0.15, 0.2) is 6.61 Å². The van der Waals surface area contributed by atoms with Crippen molar-refractivity contribution in [2.45, 2.75) is 25.4 Å². The number of carbonyl (C=O) groups excluding carboxylic acids is 2. The zero-order valence-electron chi connectivity index (χ0n) is 21.2. The number of carbonyl (C=O) groups is 2. The third-order valence-corrected chi connectivity index (χ3v) is 5.89. The van der Waals surface area contributed by atoms with Crippen LogP contribution in [-0.2, 0) is 33.7 Å². The highest BCUT2D eigenvalue weighted by Gasteiger charge is 2.22. The van der Waals surface area contributed by atoms with Crippen LogP contribution >= 0.6 is 0 Å². The van der Waals surface area contributed by atoms with Crippen molar-refractivity contribution in [3.05, 3.63) is 114 Å². The summed E-state index contributed by atoms with van der Waals surface area (Å²) in [5.74, 6) is -0.478. The fourth-order valence-corrected chi connectivity index (χ4v) is 4.03. The number of rotatable bonds is 12. The van der Waals surface area contributed by atoms with Crippen molar-refractivity contribution < 1.29 is 19.1 Å². The molecule has 38 heavy (non-hydrogen) atoms. The molecule has 8 heteroatoms. The molecule has 0 spiro atoms. The van der Waals surface area contributed by atoms with E-state index in [1.807, 2.05) is 85.1 Å². The molecule has 1 aromatic heterocycles. The van der Waals surface area contributed by atoms with Gasteiger partial charge >= 0.3 is 5.97 Å². The van der Waals surface area contributed by atoms with E-state index < -0.39 is 17.9 Å². The van der Waals surface area contributed by atoms with Crippen LogP contribution in [0.4, 0.5) is 0 Å². The van der Waals surface area contributed by atoms with Gasteiger partial charge in [-0.15, -0.1) is 11.7 Å². The van der Waals surface area contributed by atoms with Crippen molar-refractivity contribution in [2.24, 2.45) is 0 Å². The number of nitrogens with zero attached hydrogens (tertiary/aromatic N) is 3. The number of allylic oxidation sites excluding steroid dienone is 1. The molecule has 194 valence electrons. The van der Waals surface area contributed by atoms with Crippen molar-refractivity contribution >= 4 is 11.9 Å². The van der Waals surface area contributed by atoms with Crippen molar-refractivity contribution in [2.75, 3.05) is 13.7 Å². The maximum atomic E-state index is 12.8. The molecule has 0 aliphatic rings. The van der Waals surface area contributed by atoms with Gasteiger partial charge in [-0.2, -0.15) is 0 Å². The fourth-order valence-electron chi connectivity index (χ4n) is 4.03. The summed E-state index contributed by atoms with van der Waals surface area (Å²) < 4.78 is 12.6. The first-order chi connectivity index (χ1) is 18.6. The molecule has 1 N–H and O–H groups in total. The number of hydrogen-bond acceptors (Lipinski definition) is 6. The number of amides is 1. The van der Waals surface area contributed by atoms with Gasteiger partial charge in [0.2, 0.25) is 0 Å². The molecule has 1 heterocycles. The van der Waals surface area contributed by atoms with Gasteiger partial charge in [-0.3, -0.25) is 4.79 Å². The van der Waals surface area contributed by atoms with E-state index in [9.17, 15) is 9.59 Å². The minimum Gasteiger partial charge on any atom is -0.483 e. The number of aromatic nitrogens is 3. The minimum absolute atomic E-state index is 0.283. The monoisotopic (exact) mass is 510 g/mol. The van der Waals surface area contributed by atoms with Crippen LogP contribution in [0.3, 0.4) is 0 Å². The van der Waals surface area contributed by atoms with Crippen LogP contribution < -0.4 is 10.1 Å². The summed E-state index contributed by atoms with van der Waals surface area (Å²) in [4.78, 5) is 25.1. The Morgan fingerprint density at radius 3 is 2.39 bits per heavy atom. The average molecular weight is 511 g/mol. The first-order valence-corrected chi connectivity index (χ1v) is 12.3. The molecule has 0 fully saturated rings. The SMILES string of the molecule is C=CCc1ccc(OCC(=O)N[C@H](Cc2ccccc2)C(=O)OC)c(-c2cn(Cc3ccccc3)nn2)c1. The molecule has 0 aliphatic carbocycles. The van der Waals surface area contributed by atoms with Crippen LogP contribution in [0.1, 0.15) is 16.7 Å². The lowest BCUT2D eigenvalue weighted by atomic mass is 10.0. The molecule has 1 amide bonds. The summed E-state index contributed by atoms with van der Waals surface area (Å²) in [6, 6.07) is 24.3. The molecule has 0 aliphatic heterocycles. The molecular formula is C30H30N4O4. The average Bonchev–Trinajstić information content (AvgIpc) is 3.41. The van der Waals surface area contributed by atoms with E-state index in [1.165, 1.54) is 7.11 Å². The van der Waals surface area contributed by atoms with E-state index in [2.05, 4.69) is 22.2 Å². The predicted octanol–water partition coefficient (Wildman–Crippen LogP) is 4.00. The van der Waals surface area contributed by atoms with Crippen molar-refractivity contribution in [1.82, 2.24) is 20.3 Å². The maximum absolute atomic E-state index is 12.8. The first kappa shape index (κ1) is 26.3. The zero-order valence-corrected chi connectivity index (χ0v) is 21.2. The Morgan fingerprint density at radius 1 is 1.00 bits per heavy atom. The second-order valence-electron chi connectivity index (χ2n) is 8.73. The van der Waals surface area contributed by atoms with E-state index in [4.69, 9.17) is 9.47 Å². The Morgan fingerprint density at radius 2 is 1.71 bits per heavy atom. The second kappa shape index (κ2) is 13.0. The summed E-state index contributed by atoms with van der Waals surface area (Å²) in [5, 5.41) is 11.3. The lowest BCUT2D eigenvalue weighted by molar-refractivity contribution is -0.145. The van der Waals surface area contributed by atoms with Crippen molar-refractivity contribution in [1.29, 1.82) is 0 Å². The van der Waals surface area contributed by atoms with Crippen molar-refractivity contribution in [3.63, 3.8) is 0 Å². The van der Waals surface area contributed by atoms with E-state index in [1.54, 1.807) is 10.7 Å². The molecule has 0 saturated carbocycles. The summed E-state index contributed by atoms with van der Waals surface area (Å²) >= 11 is 0. The van der Waals surface area contributed by atoms with Crippen molar-refractivity contribution in [3.8, 4) is 17.0 Å². The molecular weight excluding hydrogens is 480 g/mol. The molecule has 0 unspecified atom stereocenters. The van der Waals surface area contributed by atoms with Crippen LogP contribution in [0.25, 0.3) is 11.3 Å². The topological polar surface area (TPSA) is 95.3 Å². The van der Waals surface area contributed by atoms with Crippen LogP contribution in [0.5, 0.6) is 5.75 Å². The third-order valence-electron chi connectivity index (χ3n) is 5.89. The number of ether oxygens (including phenoxy) is 2. The van der Waals surface area contributed by atoms with Gasteiger partial charge in [0.05, 0.1) is 19.9 Å². The fraction of sp³-hybridized carbons (Fsp3) is 0.200. The highest BCUT2D eigenvalue weighted by atomic mass is 16.5. The number of benzene rings is 3. The lowest BCUT2D eigenvalue weighted by Gasteiger charge is -2.17. The van der Waals surface area contributed by atoms with E-state index >= 15 is 0 Å². The molecule has 8 nitrogen and oxygen atoms in total. The highest BCUT2D eigenvalue weighted by molar-refractivity contribution is 5.85. The Hall–Kier alpha value is -4.72. The Labute approximate surface area is 221 Å². The smallest absolute Gasteiger partial charge is 0.328 e. The summed E-state index contributed by atoms with van der Waals surface area (Å²) in [6.45, 7) is 4.11. The molecule has 0 bridgehead atoms. The third kappa shape index (κ3) is 7.16. The summed E-state index contributed by atoms with van der Waals surface area (Å²) in [5.41, 5.74) is 4.37. The van der Waals surface area contributed by atoms with Gasteiger partial charge in [0, 0.05) is 12.0 Å². The highest BCUT2D eigenvalue weighted by Crippen LogP contribution is 2.30. The largest absolute Gasteiger partial charge is 0.483 e. The van der Waals surface area contributed by atoms with Gasteiger partial charge < -0.3 is 14.8 Å². The van der Waals surface area contributed by atoms with Gasteiger partial charge in [-0.25, -0.2) is 9.48 Å². The van der Waals surface area contributed by atoms with Gasteiger partial charge in [0.1, 0.15) is 17.5 Å². The molecule has 4 aromatic rings. The van der Waals surface area contributed by atoms with Crippen LogP contribution in [-0.4, -0.2) is 46.6 Å². The normalized spacial score (nSPS) is 11.4. The van der Waals surface area contributed by atoms with E-state index in [-0.39, 0.29) is 6.61 Å². The van der Waals surface area contributed by atoms with Crippen LogP contribution in [0.2, 0.25) is 0 Å². The molecule has 4 rings (SSSR count). The number of esters is 1. The number of nitrogens with one attached hydrogen (secondary N) is 1.